The molecule has 1 aromatic carbocycles. The molecule has 0 radical (unpaired) electrons. The number of nitrogens with zero attached hydrogens (tertiary/aromatic N) is 3. The molecule has 2 heterocycles. The van der Waals surface area contributed by atoms with Crippen LogP contribution in [-0.2, 0) is 13.1 Å². The highest BCUT2D eigenvalue weighted by Gasteiger charge is 2.25. The average Bonchev–Trinajstić information content (AvgIpc) is 3.15. The number of ether oxygens (including phenoxy) is 2. The molecular weight excluding hydrogens is 338 g/mol. The maximum Gasteiger partial charge on any atom is 0.161 e. The summed E-state index contributed by atoms with van der Waals surface area (Å²) in [4.78, 5) is 9.63. The Hall–Kier alpha value is -2.11. The molecule has 27 heavy (non-hydrogen) atoms. The van der Waals surface area contributed by atoms with Crippen molar-refractivity contribution in [3.05, 3.63) is 53.9 Å². The topological polar surface area (TPSA) is 37.8 Å². The van der Waals surface area contributed by atoms with Crippen molar-refractivity contribution in [1.82, 2.24) is 14.8 Å². The summed E-state index contributed by atoms with van der Waals surface area (Å²) in [7, 11) is 3.36. The van der Waals surface area contributed by atoms with Crippen LogP contribution in [0.2, 0.25) is 0 Å². The van der Waals surface area contributed by atoms with Crippen molar-refractivity contribution in [2.75, 3.05) is 33.9 Å². The second kappa shape index (κ2) is 9.72. The Bertz CT molecular complexity index is 708. The number of hydrogen-bond acceptors (Lipinski definition) is 5. The molecule has 0 unspecified atom stereocenters. The summed E-state index contributed by atoms with van der Waals surface area (Å²) in [5.74, 6) is 1.55. The number of rotatable bonds is 9. The van der Waals surface area contributed by atoms with E-state index >= 15 is 0 Å². The van der Waals surface area contributed by atoms with Crippen LogP contribution in [0.4, 0.5) is 0 Å². The molecule has 0 spiro atoms. The number of pyridine rings is 1. The predicted octanol–water partition coefficient (Wildman–Crippen LogP) is 3.59. The van der Waals surface area contributed by atoms with Crippen molar-refractivity contribution in [2.24, 2.45) is 0 Å². The van der Waals surface area contributed by atoms with Gasteiger partial charge in [-0.2, -0.15) is 0 Å². The van der Waals surface area contributed by atoms with E-state index in [0.717, 1.165) is 43.4 Å². The lowest BCUT2D eigenvalue weighted by Crippen LogP contribution is -2.39. The molecule has 1 saturated heterocycles. The summed E-state index contributed by atoms with van der Waals surface area (Å²) in [6.45, 7) is 7.37. The van der Waals surface area contributed by atoms with E-state index in [1.807, 2.05) is 18.3 Å². The van der Waals surface area contributed by atoms with Gasteiger partial charge in [-0.3, -0.25) is 14.8 Å². The van der Waals surface area contributed by atoms with Gasteiger partial charge in [-0.05, 0) is 55.8 Å². The smallest absolute Gasteiger partial charge is 0.161 e. The van der Waals surface area contributed by atoms with Crippen LogP contribution in [0.5, 0.6) is 11.5 Å². The van der Waals surface area contributed by atoms with E-state index in [2.05, 4.69) is 46.0 Å². The first-order valence-corrected chi connectivity index (χ1v) is 9.80. The van der Waals surface area contributed by atoms with Crippen molar-refractivity contribution in [1.29, 1.82) is 0 Å². The lowest BCUT2D eigenvalue weighted by atomic mass is 10.1. The standard InChI is InChI=1S/C22H31N3O2/c1-4-25-13-7-9-20(25)17-24(16-19-8-5-6-12-23-19)15-18-10-11-21(26-2)22(14-18)27-3/h5-6,8,10-12,14,20H,4,7,9,13,15-17H2,1-3H3/t20-/m1/s1. The van der Waals surface area contributed by atoms with Crippen molar-refractivity contribution in [2.45, 2.75) is 38.9 Å². The first kappa shape index (κ1) is 19.6. The summed E-state index contributed by atoms with van der Waals surface area (Å²) >= 11 is 0. The van der Waals surface area contributed by atoms with Gasteiger partial charge in [0.1, 0.15) is 0 Å². The fourth-order valence-corrected chi connectivity index (χ4v) is 3.96. The van der Waals surface area contributed by atoms with Crippen LogP contribution in [0.3, 0.4) is 0 Å². The highest BCUT2D eigenvalue weighted by atomic mass is 16.5. The van der Waals surface area contributed by atoms with Gasteiger partial charge in [0, 0.05) is 31.9 Å². The monoisotopic (exact) mass is 369 g/mol. The van der Waals surface area contributed by atoms with Gasteiger partial charge in [-0.15, -0.1) is 0 Å². The fourth-order valence-electron chi connectivity index (χ4n) is 3.96. The minimum Gasteiger partial charge on any atom is -0.493 e. The summed E-state index contributed by atoms with van der Waals surface area (Å²) in [6, 6.07) is 13.0. The van der Waals surface area contributed by atoms with E-state index in [1.165, 1.54) is 24.9 Å². The molecule has 2 aromatic rings. The van der Waals surface area contributed by atoms with Crippen LogP contribution in [-0.4, -0.2) is 54.7 Å². The van der Waals surface area contributed by atoms with Crippen LogP contribution < -0.4 is 9.47 Å². The molecule has 1 atom stereocenters. The Morgan fingerprint density at radius 1 is 1.11 bits per heavy atom. The Balaban J connectivity index is 1.76. The number of likely N-dealkylation sites (tertiary alicyclic amines) is 1. The third-order valence-corrected chi connectivity index (χ3v) is 5.34. The van der Waals surface area contributed by atoms with E-state index in [-0.39, 0.29) is 0 Å². The molecule has 0 N–H and O–H groups in total. The normalized spacial score (nSPS) is 17.4. The highest BCUT2D eigenvalue weighted by Crippen LogP contribution is 2.28. The molecule has 0 saturated carbocycles. The van der Waals surface area contributed by atoms with Gasteiger partial charge >= 0.3 is 0 Å². The molecule has 1 aliphatic heterocycles. The number of benzene rings is 1. The third kappa shape index (κ3) is 5.21. The van der Waals surface area contributed by atoms with Crippen LogP contribution in [0.25, 0.3) is 0 Å². The lowest BCUT2D eigenvalue weighted by molar-refractivity contribution is 0.164. The molecule has 0 aliphatic carbocycles. The van der Waals surface area contributed by atoms with Crippen LogP contribution in [0, 0.1) is 0 Å². The summed E-state index contributed by atoms with van der Waals surface area (Å²) in [5, 5.41) is 0. The Morgan fingerprint density at radius 3 is 2.67 bits per heavy atom. The van der Waals surface area contributed by atoms with Crippen LogP contribution in [0.1, 0.15) is 31.0 Å². The zero-order chi connectivity index (χ0) is 19.1. The first-order chi connectivity index (χ1) is 13.2. The Kier molecular flexibility index (Phi) is 7.07. The zero-order valence-corrected chi connectivity index (χ0v) is 16.7. The molecule has 0 amide bonds. The zero-order valence-electron chi connectivity index (χ0n) is 16.7. The second-order valence-electron chi connectivity index (χ2n) is 7.10. The number of methoxy groups -OCH3 is 2. The maximum atomic E-state index is 5.48. The summed E-state index contributed by atoms with van der Waals surface area (Å²) < 4.78 is 10.9. The molecular formula is C22H31N3O2. The van der Waals surface area contributed by atoms with Gasteiger partial charge < -0.3 is 9.47 Å². The molecule has 3 rings (SSSR count). The van der Waals surface area contributed by atoms with Crippen molar-refractivity contribution >= 4 is 0 Å². The number of hydrogen-bond donors (Lipinski definition) is 0. The van der Waals surface area contributed by atoms with Gasteiger partial charge in [0.15, 0.2) is 11.5 Å². The predicted molar refractivity (Wildman–Crippen MR) is 108 cm³/mol. The number of likely N-dealkylation sites (N-methyl/N-ethyl adjacent to an activating group) is 1. The van der Waals surface area contributed by atoms with Gasteiger partial charge in [0.2, 0.25) is 0 Å². The molecule has 5 heteroatoms. The lowest BCUT2D eigenvalue weighted by Gasteiger charge is -2.30. The van der Waals surface area contributed by atoms with Gasteiger partial charge in [0.25, 0.3) is 0 Å². The van der Waals surface area contributed by atoms with Crippen LogP contribution in [0.15, 0.2) is 42.6 Å². The fraction of sp³-hybridized carbons (Fsp3) is 0.500. The Labute approximate surface area is 162 Å². The number of aromatic nitrogens is 1. The maximum absolute atomic E-state index is 5.48. The minimum atomic E-state index is 0.624. The molecule has 5 nitrogen and oxygen atoms in total. The van der Waals surface area contributed by atoms with E-state index < -0.39 is 0 Å². The van der Waals surface area contributed by atoms with Crippen molar-refractivity contribution in [3.8, 4) is 11.5 Å². The Morgan fingerprint density at radius 2 is 1.96 bits per heavy atom. The quantitative estimate of drug-likeness (QED) is 0.675. The average molecular weight is 370 g/mol. The van der Waals surface area contributed by atoms with Gasteiger partial charge in [-0.1, -0.05) is 19.1 Å². The third-order valence-electron chi connectivity index (χ3n) is 5.34. The van der Waals surface area contributed by atoms with E-state index in [4.69, 9.17) is 9.47 Å². The van der Waals surface area contributed by atoms with Crippen molar-refractivity contribution < 1.29 is 9.47 Å². The molecule has 0 bridgehead atoms. The highest BCUT2D eigenvalue weighted by molar-refractivity contribution is 5.42. The summed E-state index contributed by atoms with van der Waals surface area (Å²) in [6.07, 6.45) is 4.45. The van der Waals surface area contributed by atoms with Gasteiger partial charge in [0.05, 0.1) is 19.9 Å². The molecule has 1 aliphatic rings. The second-order valence-corrected chi connectivity index (χ2v) is 7.10. The van der Waals surface area contributed by atoms with Crippen molar-refractivity contribution in [3.63, 3.8) is 0 Å². The largest absolute Gasteiger partial charge is 0.493 e. The first-order valence-electron chi connectivity index (χ1n) is 9.80. The molecule has 146 valence electrons. The summed E-state index contributed by atoms with van der Waals surface area (Å²) in [5.41, 5.74) is 2.34. The molecule has 1 fully saturated rings. The SMILES string of the molecule is CCN1CCC[C@@H]1CN(Cc1ccc(OC)c(OC)c1)Cc1ccccn1. The van der Waals surface area contributed by atoms with E-state index in [0.29, 0.717) is 6.04 Å². The van der Waals surface area contributed by atoms with Crippen LogP contribution >= 0.6 is 0 Å². The van der Waals surface area contributed by atoms with Gasteiger partial charge in [-0.25, -0.2) is 0 Å². The van der Waals surface area contributed by atoms with E-state index in [9.17, 15) is 0 Å². The minimum absolute atomic E-state index is 0.624. The molecule has 1 aromatic heterocycles. The van der Waals surface area contributed by atoms with E-state index in [1.54, 1.807) is 14.2 Å².